The third kappa shape index (κ3) is 2.86. The molecular formula is C18H13ClN4O2S. The van der Waals surface area contributed by atoms with Gasteiger partial charge < -0.3 is 10.1 Å². The lowest BCUT2D eigenvalue weighted by molar-refractivity contribution is 0.0999. The maximum atomic E-state index is 12.8. The van der Waals surface area contributed by atoms with Crippen LogP contribution in [0.2, 0.25) is 5.02 Å². The molecule has 0 aliphatic carbocycles. The van der Waals surface area contributed by atoms with Crippen molar-refractivity contribution in [2.24, 2.45) is 4.99 Å². The van der Waals surface area contributed by atoms with Gasteiger partial charge in [0, 0.05) is 23.2 Å². The van der Waals surface area contributed by atoms with Crippen LogP contribution in [0.25, 0.3) is 16.7 Å². The van der Waals surface area contributed by atoms with Crippen LogP contribution in [0, 0.1) is 0 Å². The van der Waals surface area contributed by atoms with E-state index in [9.17, 15) is 9.90 Å². The van der Waals surface area contributed by atoms with Crippen molar-refractivity contribution in [3.63, 3.8) is 0 Å². The molecule has 6 nitrogen and oxygen atoms in total. The van der Waals surface area contributed by atoms with E-state index in [1.54, 1.807) is 40.5 Å². The van der Waals surface area contributed by atoms with Gasteiger partial charge in [-0.1, -0.05) is 23.7 Å². The highest BCUT2D eigenvalue weighted by Gasteiger charge is 2.14. The fraction of sp³-hybridized carbons (Fsp3) is 0.0556. The normalized spacial score (nSPS) is 12.0. The Balaban J connectivity index is 1.89. The van der Waals surface area contributed by atoms with Gasteiger partial charge in [-0.25, -0.2) is 4.98 Å². The second-order valence-electron chi connectivity index (χ2n) is 5.47. The molecule has 130 valence electrons. The minimum atomic E-state index is -0.385. The lowest BCUT2D eigenvalue weighted by Gasteiger charge is -2.09. The molecule has 8 heteroatoms. The molecule has 0 spiro atoms. The molecule has 3 aromatic heterocycles. The van der Waals surface area contributed by atoms with E-state index in [0.29, 0.717) is 37.8 Å². The number of aliphatic hydroxyl groups is 1. The van der Waals surface area contributed by atoms with Crippen molar-refractivity contribution in [2.45, 2.75) is 6.61 Å². The molecule has 4 rings (SSSR count). The largest absolute Gasteiger partial charge is 0.390 e. The van der Waals surface area contributed by atoms with Crippen molar-refractivity contribution in [1.82, 2.24) is 14.5 Å². The Kier molecular flexibility index (Phi) is 4.42. The lowest BCUT2D eigenvalue weighted by atomic mass is 10.2. The predicted molar refractivity (Wildman–Crippen MR) is 101 cm³/mol. The average Bonchev–Trinajstić information content (AvgIpc) is 3.28. The van der Waals surface area contributed by atoms with E-state index < -0.39 is 0 Å². The number of aromatic nitrogens is 3. The molecule has 3 heterocycles. The molecule has 0 fully saturated rings. The number of thiazole rings is 1. The smallest absolute Gasteiger partial charge is 0.280 e. The Morgan fingerprint density at radius 3 is 2.96 bits per heavy atom. The van der Waals surface area contributed by atoms with E-state index >= 15 is 0 Å². The summed E-state index contributed by atoms with van der Waals surface area (Å²) >= 11 is 7.56. The maximum Gasteiger partial charge on any atom is 0.280 e. The zero-order chi connectivity index (χ0) is 18.1. The Morgan fingerprint density at radius 2 is 2.15 bits per heavy atom. The van der Waals surface area contributed by atoms with Gasteiger partial charge in [0.25, 0.3) is 5.91 Å². The standard InChI is InChI=1S/C18H13ClN4O2S/c19-14-3-1-2-4-15(14)23-11(9-24)10-26-18(23)22-17(25)13-6-8-21-16-12(13)5-7-20-16/h1-8,10,24H,9H2,(H,20,21). The average molecular weight is 385 g/mol. The van der Waals surface area contributed by atoms with Crippen LogP contribution in [0.15, 0.2) is 59.2 Å². The van der Waals surface area contributed by atoms with Gasteiger partial charge >= 0.3 is 0 Å². The third-order valence-electron chi connectivity index (χ3n) is 3.92. The number of aromatic amines is 1. The number of pyridine rings is 1. The van der Waals surface area contributed by atoms with Gasteiger partial charge in [-0.05, 0) is 24.3 Å². The number of amides is 1. The number of nitrogens with one attached hydrogen (secondary N) is 1. The van der Waals surface area contributed by atoms with E-state index in [4.69, 9.17) is 11.6 Å². The van der Waals surface area contributed by atoms with Gasteiger partial charge in [-0.3, -0.25) is 9.36 Å². The predicted octanol–water partition coefficient (Wildman–Crippen LogP) is 3.30. The summed E-state index contributed by atoms with van der Waals surface area (Å²) in [4.78, 5) is 24.7. The van der Waals surface area contributed by atoms with Crippen molar-refractivity contribution in [3.05, 3.63) is 75.3 Å². The lowest BCUT2D eigenvalue weighted by Crippen LogP contribution is -2.18. The summed E-state index contributed by atoms with van der Waals surface area (Å²) in [5.41, 5.74) is 2.36. The topological polar surface area (TPSA) is 83.3 Å². The highest BCUT2D eigenvalue weighted by Crippen LogP contribution is 2.21. The first-order valence-electron chi connectivity index (χ1n) is 7.75. The Bertz CT molecular complexity index is 1180. The highest BCUT2D eigenvalue weighted by molar-refractivity contribution is 7.07. The van der Waals surface area contributed by atoms with Gasteiger partial charge in [-0.15, -0.1) is 11.3 Å². The SMILES string of the molecule is O=C(N=c1scc(CO)n1-c1ccccc1Cl)c1ccnc2[nH]ccc12. The van der Waals surface area contributed by atoms with E-state index in [1.165, 1.54) is 11.3 Å². The van der Waals surface area contributed by atoms with Crippen molar-refractivity contribution in [1.29, 1.82) is 0 Å². The van der Waals surface area contributed by atoms with Crippen LogP contribution in [0.4, 0.5) is 0 Å². The van der Waals surface area contributed by atoms with E-state index in [1.807, 2.05) is 18.2 Å². The number of carbonyl (C=O) groups is 1. The first-order chi connectivity index (χ1) is 12.7. The quantitative estimate of drug-likeness (QED) is 0.568. The first kappa shape index (κ1) is 16.7. The van der Waals surface area contributed by atoms with Crippen LogP contribution in [-0.2, 0) is 6.61 Å². The number of para-hydroxylation sites is 1. The number of aliphatic hydroxyl groups excluding tert-OH is 1. The number of nitrogens with zero attached hydrogens (tertiary/aromatic N) is 3. The zero-order valence-corrected chi connectivity index (χ0v) is 15.0. The molecule has 1 amide bonds. The van der Waals surface area contributed by atoms with Gasteiger partial charge in [0.15, 0.2) is 4.80 Å². The molecule has 0 atom stereocenters. The van der Waals surface area contributed by atoms with Crippen LogP contribution in [0.5, 0.6) is 0 Å². The number of halogens is 1. The zero-order valence-electron chi connectivity index (χ0n) is 13.4. The minimum Gasteiger partial charge on any atom is -0.390 e. The molecule has 4 aromatic rings. The summed E-state index contributed by atoms with van der Waals surface area (Å²) in [5, 5.41) is 12.6. The number of hydrogen-bond donors (Lipinski definition) is 2. The van der Waals surface area contributed by atoms with E-state index in [0.717, 1.165) is 0 Å². The van der Waals surface area contributed by atoms with Crippen LogP contribution in [-0.4, -0.2) is 25.5 Å². The number of carbonyl (C=O) groups excluding carboxylic acids is 1. The maximum absolute atomic E-state index is 12.8. The number of H-pyrrole nitrogens is 1. The Hall–Kier alpha value is -2.74. The number of hydrogen-bond acceptors (Lipinski definition) is 4. The van der Waals surface area contributed by atoms with Crippen LogP contribution < -0.4 is 4.80 Å². The first-order valence-corrected chi connectivity index (χ1v) is 9.01. The number of fused-ring (bicyclic) bond motifs is 1. The molecule has 0 aliphatic rings. The van der Waals surface area contributed by atoms with E-state index in [-0.39, 0.29) is 12.5 Å². The van der Waals surface area contributed by atoms with Crippen LogP contribution >= 0.6 is 22.9 Å². The number of rotatable bonds is 3. The van der Waals surface area contributed by atoms with Gasteiger partial charge in [0.1, 0.15) is 5.65 Å². The summed E-state index contributed by atoms with van der Waals surface area (Å²) in [6.45, 7) is -0.192. The fourth-order valence-corrected chi connectivity index (χ4v) is 3.82. The van der Waals surface area contributed by atoms with Gasteiger partial charge in [0.2, 0.25) is 0 Å². The fourth-order valence-electron chi connectivity index (χ4n) is 2.72. The molecule has 26 heavy (non-hydrogen) atoms. The molecule has 0 saturated carbocycles. The molecule has 2 N–H and O–H groups in total. The van der Waals surface area contributed by atoms with Crippen LogP contribution in [0.3, 0.4) is 0 Å². The Morgan fingerprint density at radius 1 is 1.31 bits per heavy atom. The number of benzene rings is 1. The monoisotopic (exact) mass is 384 g/mol. The van der Waals surface area contributed by atoms with Gasteiger partial charge in [-0.2, -0.15) is 4.99 Å². The van der Waals surface area contributed by atoms with Gasteiger partial charge in [0.05, 0.1) is 28.6 Å². The summed E-state index contributed by atoms with van der Waals surface area (Å²) in [7, 11) is 0. The second kappa shape index (κ2) is 6.87. The Labute approximate surface area is 157 Å². The molecule has 0 unspecified atom stereocenters. The molecule has 0 radical (unpaired) electrons. The molecule has 0 aliphatic heterocycles. The van der Waals surface area contributed by atoms with E-state index in [2.05, 4.69) is 15.0 Å². The summed E-state index contributed by atoms with van der Waals surface area (Å²) < 4.78 is 1.69. The van der Waals surface area contributed by atoms with Crippen molar-refractivity contribution in [3.8, 4) is 5.69 Å². The molecule has 0 saturated heterocycles. The highest BCUT2D eigenvalue weighted by atomic mass is 35.5. The van der Waals surface area contributed by atoms with Crippen molar-refractivity contribution < 1.29 is 9.90 Å². The van der Waals surface area contributed by atoms with Crippen LogP contribution in [0.1, 0.15) is 16.1 Å². The second-order valence-corrected chi connectivity index (χ2v) is 6.71. The molecule has 1 aromatic carbocycles. The van der Waals surface area contributed by atoms with Crippen molar-refractivity contribution >= 4 is 39.9 Å². The summed E-state index contributed by atoms with van der Waals surface area (Å²) in [5.74, 6) is -0.385. The third-order valence-corrected chi connectivity index (χ3v) is 5.12. The molecule has 0 bridgehead atoms. The molecular weight excluding hydrogens is 372 g/mol. The summed E-state index contributed by atoms with van der Waals surface area (Å²) in [6, 6.07) is 10.7. The summed E-state index contributed by atoms with van der Waals surface area (Å²) in [6.07, 6.45) is 3.30. The van der Waals surface area contributed by atoms with Crippen molar-refractivity contribution in [2.75, 3.05) is 0 Å². The minimum absolute atomic E-state index is 0.192.